The van der Waals surface area contributed by atoms with Crippen LogP contribution in [0, 0.1) is 5.92 Å². The Kier molecular flexibility index (Phi) is 8.53. The van der Waals surface area contributed by atoms with Crippen molar-refractivity contribution in [1.82, 2.24) is 10.3 Å². The largest absolute Gasteiger partial charge is 0.497 e. The SMILES string of the molecule is COC(=O)c1ccnc(CC(Cc2ccc(OC)cc2)C(=O)NC(Cc2ccccc2)C(=O)C2(C)CO2)c1. The number of nitrogens with zero attached hydrogens (tertiary/aromatic N) is 1. The number of epoxide rings is 1. The Bertz CT molecular complexity index is 1270. The minimum atomic E-state index is -0.880. The highest BCUT2D eigenvalue weighted by atomic mass is 16.6. The third-order valence-corrected chi connectivity index (χ3v) is 6.72. The Morgan fingerprint density at radius 3 is 2.29 bits per heavy atom. The second-order valence-corrected chi connectivity index (χ2v) is 9.62. The van der Waals surface area contributed by atoms with Gasteiger partial charge < -0.3 is 19.5 Å². The molecule has 3 aromatic rings. The number of methoxy groups -OCH3 is 2. The molecule has 38 heavy (non-hydrogen) atoms. The number of hydrogen-bond donors (Lipinski definition) is 1. The standard InChI is InChI=1S/C30H32N2O6/c1-30(19-38-30)27(33)26(16-20-7-5-4-6-8-20)32-28(34)23(15-21-9-11-25(36-2)12-10-21)18-24-17-22(13-14-31-24)29(35)37-3/h4-14,17,23,26H,15-16,18-19H2,1-3H3,(H,32,34). The van der Waals surface area contributed by atoms with E-state index in [-0.39, 0.29) is 18.1 Å². The molecule has 4 rings (SSSR count). The predicted molar refractivity (Wildman–Crippen MR) is 141 cm³/mol. The fourth-order valence-corrected chi connectivity index (χ4v) is 4.36. The van der Waals surface area contributed by atoms with Crippen LogP contribution in [0.5, 0.6) is 5.75 Å². The lowest BCUT2D eigenvalue weighted by Gasteiger charge is -2.24. The quantitative estimate of drug-likeness (QED) is 0.291. The molecule has 1 N–H and O–H groups in total. The van der Waals surface area contributed by atoms with E-state index >= 15 is 0 Å². The monoisotopic (exact) mass is 516 g/mol. The first-order valence-electron chi connectivity index (χ1n) is 12.5. The normalized spacial score (nSPS) is 17.7. The van der Waals surface area contributed by atoms with Crippen LogP contribution in [-0.2, 0) is 38.3 Å². The van der Waals surface area contributed by atoms with E-state index in [4.69, 9.17) is 14.2 Å². The Labute approximate surface area is 222 Å². The number of carbonyl (C=O) groups is 3. The van der Waals surface area contributed by atoms with Crippen molar-refractivity contribution in [2.45, 2.75) is 37.8 Å². The number of ketones is 1. The van der Waals surface area contributed by atoms with E-state index in [1.54, 1.807) is 26.2 Å². The van der Waals surface area contributed by atoms with Crippen LogP contribution in [0.4, 0.5) is 0 Å². The Hall–Kier alpha value is -4.04. The average molecular weight is 517 g/mol. The molecule has 0 saturated carbocycles. The van der Waals surface area contributed by atoms with Gasteiger partial charge >= 0.3 is 5.97 Å². The second kappa shape index (κ2) is 12.0. The molecule has 198 valence electrons. The molecule has 1 amide bonds. The number of Topliss-reactive ketones (excluding diaryl/α,β-unsaturated/α-hetero) is 1. The minimum Gasteiger partial charge on any atom is -0.497 e. The first kappa shape index (κ1) is 27.0. The molecule has 2 aromatic carbocycles. The molecule has 1 aliphatic rings. The van der Waals surface area contributed by atoms with Crippen LogP contribution >= 0.6 is 0 Å². The molecular formula is C30H32N2O6. The molecule has 1 fully saturated rings. The molecule has 1 aliphatic heterocycles. The van der Waals surface area contributed by atoms with Crippen LogP contribution in [0.15, 0.2) is 72.9 Å². The second-order valence-electron chi connectivity index (χ2n) is 9.62. The number of carbonyl (C=O) groups excluding carboxylic acids is 3. The van der Waals surface area contributed by atoms with Crippen molar-refractivity contribution in [2.24, 2.45) is 5.92 Å². The van der Waals surface area contributed by atoms with Gasteiger partial charge in [0.1, 0.15) is 11.4 Å². The number of benzene rings is 2. The van der Waals surface area contributed by atoms with Gasteiger partial charge in [0.05, 0.1) is 32.4 Å². The topological polar surface area (TPSA) is 107 Å². The summed E-state index contributed by atoms with van der Waals surface area (Å²) in [5, 5.41) is 3.01. The van der Waals surface area contributed by atoms with Gasteiger partial charge in [-0.05, 0) is 55.2 Å². The van der Waals surface area contributed by atoms with Crippen molar-refractivity contribution in [3.05, 3.63) is 95.3 Å². The zero-order valence-corrected chi connectivity index (χ0v) is 21.8. The average Bonchev–Trinajstić information content (AvgIpc) is 3.70. The third-order valence-electron chi connectivity index (χ3n) is 6.72. The van der Waals surface area contributed by atoms with E-state index in [0.717, 1.165) is 11.1 Å². The number of amides is 1. The molecule has 1 saturated heterocycles. The summed E-state index contributed by atoms with van der Waals surface area (Å²) in [7, 11) is 2.91. The van der Waals surface area contributed by atoms with Gasteiger partial charge in [-0.3, -0.25) is 14.6 Å². The van der Waals surface area contributed by atoms with Crippen molar-refractivity contribution < 1.29 is 28.6 Å². The van der Waals surface area contributed by atoms with E-state index in [1.807, 2.05) is 54.6 Å². The summed E-state index contributed by atoms with van der Waals surface area (Å²) in [5.74, 6) is -0.736. The summed E-state index contributed by atoms with van der Waals surface area (Å²) >= 11 is 0. The van der Waals surface area contributed by atoms with E-state index in [9.17, 15) is 14.4 Å². The van der Waals surface area contributed by atoms with Crippen LogP contribution in [0.1, 0.15) is 34.1 Å². The molecule has 0 aliphatic carbocycles. The number of aromatic nitrogens is 1. The third kappa shape index (κ3) is 6.83. The van der Waals surface area contributed by atoms with Gasteiger partial charge in [0.15, 0.2) is 5.78 Å². The smallest absolute Gasteiger partial charge is 0.337 e. The van der Waals surface area contributed by atoms with Crippen LogP contribution in [-0.4, -0.2) is 55.1 Å². The van der Waals surface area contributed by atoms with Gasteiger partial charge in [0, 0.05) is 24.2 Å². The highest BCUT2D eigenvalue weighted by Crippen LogP contribution is 2.29. The van der Waals surface area contributed by atoms with Crippen molar-refractivity contribution in [2.75, 3.05) is 20.8 Å². The summed E-state index contributed by atoms with van der Waals surface area (Å²) < 4.78 is 15.5. The van der Waals surface area contributed by atoms with E-state index in [1.165, 1.54) is 13.3 Å². The number of nitrogens with one attached hydrogen (secondary N) is 1. The van der Waals surface area contributed by atoms with Gasteiger partial charge in [-0.25, -0.2) is 4.79 Å². The molecular weight excluding hydrogens is 484 g/mol. The lowest BCUT2D eigenvalue weighted by Crippen LogP contribution is -2.49. The van der Waals surface area contributed by atoms with Crippen LogP contribution in [0.3, 0.4) is 0 Å². The van der Waals surface area contributed by atoms with Gasteiger partial charge in [-0.1, -0.05) is 42.5 Å². The zero-order chi connectivity index (χ0) is 27.1. The maximum atomic E-state index is 13.8. The van der Waals surface area contributed by atoms with Crippen LogP contribution in [0.25, 0.3) is 0 Å². The molecule has 0 spiro atoms. The highest BCUT2D eigenvalue weighted by molar-refractivity contribution is 5.97. The van der Waals surface area contributed by atoms with Crippen LogP contribution in [0.2, 0.25) is 0 Å². The van der Waals surface area contributed by atoms with Crippen molar-refractivity contribution in [1.29, 1.82) is 0 Å². The first-order valence-corrected chi connectivity index (χ1v) is 12.5. The van der Waals surface area contributed by atoms with Gasteiger partial charge in [-0.2, -0.15) is 0 Å². The molecule has 3 atom stereocenters. The molecule has 2 heterocycles. The predicted octanol–water partition coefficient (Wildman–Crippen LogP) is 3.36. The summed E-state index contributed by atoms with van der Waals surface area (Å²) in [6.07, 6.45) is 2.55. The molecule has 0 radical (unpaired) electrons. The lowest BCUT2D eigenvalue weighted by molar-refractivity contribution is -0.132. The van der Waals surface area contributed by atoms with Crippen LogP contribution < -0.4 is 10.1 Å². The number of pyridine rings is 1. The number of rotatable bonds is 12. The van der Waals surface area contributed by atoms with Gasteiger partial charge in [-0.15, -0.1) is 0 Å². The summed E-state index contributed by atoms with van der Waals surface area (Å²) in [6, 6.07) is 19.5. The summed E-state index contributed by atoms with van der Waals surface area (Å²) in [6.45, 7) is 2.09. The highest BCUT2D eigenvalue weighted by Gasteiger charge is 2.50. The Morgan fingerprint density at radius 1 is 0.974 bits per heavy atom. The molecule has 3 unspecified atom stereocenters. The van der Waals surface area contributed by atoms with E-state index in [0.29, 0.717) is 36.5 Å². The van der Waals surface area contributed by atoms with Crippen molar-refractivity contribution >= 4 is 17.7 Å². The maximum Gasteiger partial charge on any atom is 0.337 e. The number of hydrogen-bond acceptors (Lipinski definition) is 7. The maximum absolute atomic E-state index is 13.8. The van der Waals surface area contributed by atoms with Crippen molar-refractivity contribution in [3.8, 4) is 5.75 Å². The summed E-state index contributed by atoms with van der Waals surface area (Å²) in [4.78, 5) is 43.5. The fraction of sp³-hybridized carbons (Fsp3) is 0.333. The van der Waals surface area contributed by atoms with Gasteiger partial charge in [0.2, 0.25) is 5.91 Å². The van der Waals surface area contributed by atoms with Gasteiger partial charge in [0.25, 0.3) is 0 Å². The molecule has 1 aromatic heterocycles. The lowest BCUT2D eigenvalue weighted by atomic mass is 9.90. The number of esters is 1. The molecule has 8 nitrogen and oxygen atoms in total. The summed E-state index contributed by atoms with van der Waals surface area (Å²) in [5.41, 5.74) is 1.92. The number of ether oxygens (including phenoxy) is 3. The minimum absolute atomic E-state index is 0.149. The van der Waals surface area contributed by atoms with E-state index in [2.05, 4.69) is 10.3 Å². The Balaban J connectivity index is 1.59. The Morgan fingerprint density at radius 2 is 1.66 bits per heavy atom. The first-order chi connectivity index (χ1) is 18.3. The molecule has 8 heteroatoms. The van der Waals surface area contributed by atoms with E-state index < -0.39 is 23.5 Å². The molecule has 0 bridgehead atoms. The van der Waals surface area contributed by atoms with Crippen molar-refractivity contribution in [3.63, 3.8) is 0 Å². The zero-order valence-electron chi connectivity index (χ0n) is 21.8. The fourth-order valence-electron chi connectivity index (χ4n) is 4.36.